The molecular formula is C19H18Cl2N2O2. The van der Waals surface area contributed by atoms with Crippen LogP contribution >= 0.6 is 23.2 Å². The summed E-state index contributed by atoms with van der Waals surface area (Å²) < 4.78 is 0. The molecule has 4 nitrogen and oxygen atoms in total. The van der Waals surface area contributed by atoms with Gasteiger partial charge in [-0.2, -0.15) is 0 Å². The van der Waals surface area contributed by atoms with Gasteiger partial charge in [-0.25, -0.2) is 0 Å². The van der Waals surface area contributed by atoms with Gasteiger partial charge >= 0.3 is 0 Å². The zero-order chi connectivity index (χ0) is 18.0. The quantitative estimate of drug-likeness (QED) is 0.762. The van der Waals surface area contributed by atoms with Gasteiger partial charge in [0.2, 0.25) is 11.8 Å². The summed E-state index contributed by atoms with van der Waals surface area (Å²) in [7, 11) is 0. The normalized spacial score (nSPS) is 14.7. The maximum absolute atomic E-state index is 12.6. The third-order valence-electron chi connectivity index (χ3n) is 4.46. The minimum Gasteiger partial charge on any atom is -0.351 e. The van der Waals surface area contributed by atoms with E-state index in [2.05, 4.69) is 10.6 Å². The van der Waals surface area contributed by atoms with Crippen LogP contribution in [0, 0.1) is 12.3 Å². The van der Waals surface area contributed by atoms with Crippen LogP contribution in [0.1, 0.15) is 24.0 Å². The lowest BCUT2D eigenvalue weighted by atomic mass is 10.0. The van der Waals surface area contributed by atoms with Crippen molar-refractivity contribution >= 4 is 40.7 Å². The number of anilines is 1. The number of hydrogen-bond donors (Lipinski definition) is 2. The lowest BCUT2D eigenvalue weighted by molar-refractivity contribution is -0.134. The van der Waals surface area contributed by atoms with Crippen LogP contribution in [0.5, 0.6) is 0 Å². The van der Waals surface area contributed by atoms with Gasteiger partial charge < -0.3 is 10.6 Å². The Morgan fingerprint density at radius 1 is 1.08 bits per heavy atom. The third kappa shape index (κ3) is 3.80. The molecule has 1 aliphatic carbocycles. The molecule has 0 heterocycles. The number of hydrogen-bond acceptors (Lipinski definition) is 2. The Balaban J connectivity index is 1.67. The molecule has 0 saturated heterocycles. The Bertz CT molecular complexity index is 832. The maximum Gasteiger partial charge on any atom is 0.240 e. The average molecular weight is 377 g/mol. The average Bonchev–Trinajstić information content (AvgIpc) is 3.39. The van der Waals surface area contributed by atoms with Gasteiger partial charge in [0.05, 0.1) is 0 Å². The summed E-state index contributed by atoms with van der Waals surface area (Å²) in [6.45, 7) is 2.17. The van der Waals surface area contributed by atoms with Crippen LogP contribution in [0.2, 0.25) is 10.0 Å². The first-order valence-corrected chi connectivity index (χ1v) is 8.77. The van der Waals surface area contributed by atoms with Gasteiger partial charge in [-0.05, 0) is 49.1 Å². The minimum atomic E-state index is -1.00. The SMILES string of the molecule is Cc1ccc(Cl)cc1NC(=O)C1(C(=O)NCc2ccccc2Cl)CC1. The highest BCUT2D eigenvalue weighted by Crippen LogP contribution is 2.47. The van der Waals surface area contributed by atoms with Crippen molar-refractivity contribution in [3.8, 4) is 0 Å². The number of carbonyl (C=O) groups excluding carboxylic acids is 2. The summed E-state index contributed by atoms with van der Waals surface area (Å²) in [5, 5.41) is 6.78. The fraction of sp³-hybridized carbons (Fsp3) is 0.263. The monoisotopic (exact) mass is 376 g/mol. The van der Waals surface area contributed by atoms with Crippen molar-refractivity contribution in [2.75, 3.05) is 5.32 Å². The molecule has 0 spiro atoms. The molecule has 0 radical (unpaired) electrons. The van der Waals surface area contributed by atoms with E-state index in [0.717, 1.165) is 11.1 Å². The smallest absolute Gasteiger partial charge is 0.240 e. The van der Waals surface area contributed by atoms with E-state index in [1.54, 1.807) is 18.2 Å². The molecule has 0 aliphatic heterocycles. The van der Waals surface area contributed by atoms with Gasteiger partial charge in [0.1, 0.15) is 5.41 Å². The maximum atomic E-state index is 12.6. The Labute approximate surface area is 156 Å². The number of benzene rings is 2. The van der Waals surface area contributed by atoms with Crippen LogP contribution in [0.25, 0.3) is 0 Å². The predicted octanol–water partition coefficient (Wildman–Crippen LogP) is 4.34. The van der Waals surface area contributed by atoms with Crippen molar-refractivity contribution in [1.29, 1.82) is 0 Å². The topological polar surface area (TPSA) is 58.2 Å². The molecule has 2 aromatic carbocycles. The largest absolute Gasteiger partial charge is 0.351 e. The van der Waals surface area contributed by atoms with Crippen molar-refractivity contribution < 1.29 is 9.59 Å². The predicted molar refractivity (Wildman–Crippen MR) is 99.8 cm³/mol. The number of carbonyl (C=O) groups is 2. The van der Waals surface area contributed by atoms with Gasteiger partial charge in [0.15, 0.2) is 0 Å². The fourth-order valence-electron chi connectivity index (χ4n) is 2.64. The second-order valence-corrected chi connectivity index (χ2v) is 7.11. The molecule has 0 aromatic heterocycles. The van der Waals surface area contributed by atoms with Gasteiger partial charge in [0.25, 0.3) is 0 Å². The molecule has 25 heavy (non-hydrogen) atoms. The zero-order valence-electron chi connectivity index (χ0n) is 13.7. The van der Waals surface area contributed by atoms with Crippen molar-refractivity contribution in [1.82, 2.24) is 5.32 Å². The molecule has 130 valence electrons. The van der Waals surface area contributed by atoms with Crippen molar-refractivity contribution in [3.05, 3.63) is 63.6 Å². The van der Waals surface area contributed by atoms with E-state index in [9.17, 15) is 9.59 Å². The second-order valence-electron chi connectivity index (χ2n) is 6.27. The van der Waals surface area contributed by atoms with Crippen LogP contribution in [-0.4, -0.2) is 11.8 Å². The molecule has 0 bridgehead atoms. The number of nitrogens with one attached hydrogen (secondary N) is 2. The van der Waals surface area contributed by atoms with Gasteiger partial charge in [0, 0.05) is 22.3 Å². The third-order valence-corrected chi connectivity index (χ3v) is 5.07. The van der Waals surface area contributed by atoms with E-state index in [-0.39, 0.29) is 11.8 Å². The molecule has 6 heteroatoms. The fourth-order valence-corrected chi connectivity index (χ4v) is 3.01. The molecule has 2 N–H and O–H groups in total. The Kier molecular flexibility index (Phi) is 5.02. The molecule has 1 aliphatic rings. The van der Waals surface area contributed by atoms with Crippen LogP contribution in [0.3, 0.4) is 0 Å². The van der Waals surface area contributed by atoms with Gasteiger partial charge in [-0.1, -0.05) is 47.5 Å². The highest BCUT2D eigenvalue weighted by molar-refractivity contribution is 6.31. The summed E-state index contributed by atoms with van der Waals surface area (Å²) in [5.41, 5.74) is 1.34. The molecule has 2 aromatic rings. The number of amides is 2. The first-order chi connectivity index (χ1) is 11.9. The van der Waals surface area contributed by atoms with E-state index in [4.69, 9.17) is 23.2 Å². The Morgan fingerprint density at radius 3 is 2.48 bits per heavy atom. The molecule has 0 unspecified atom stereocenters. The zero-order valence-corrected chi connectivity index (χ0v) is 15.2. The van der Waals surface area contributed by atoms with Crippen molar-refractivity contribution in [3.63, 3.8) is 0 Å². The first kappa shape index (κ1) is 17.8. The second kappa shape index (κ2) is 7.06. The highest BCUT2D eigenvalue weighted by Gasteiger charge is 2.56. The van der Waals surface area contributed by atoms with Crippen LogP contribution < -0.4 is 10.6 Å². The summed E-state index contributed by atoms with van der Waals surface area (Å²) in [6, 6.07) is 12.6. The molecular weight excluding hydrogens is 359 g/mol. The van der Waals surface area contributed by atoms with E-state index < -0.39 is 5.41 Å². The highest BCUT2D eigenvalue weighted by atomic mass is 35.5. The number of halogens is 2. The molecule has 0 atom stereocenters. The van der Waals surface area contributed by atoms with Crippen molar-refractivity contribution in [2.45, 2.75) is 26.3 Å². The van der Waals surface area contributed by atoms with Crippen LogP contribution in [0.4, 0.5) is 5.69 Å². The van der Waals surface area contributed by atoms with E-state index in [0.29, 0.717) is 35.1 Å². The van der Waals surface area contributed by atoms with Gasteiger partial charge in [-0.3, -0.25) is 9.59 Å². The minimum absolute atomic E-state index is 0.274. The standard InChI is InChI=1S/C19H18Cl2N2O2/c1-12-6-7-14(20)10-16(12)23-18(25)19(8-9-19)17(24)22-11-13-4-2-3-5-15(13)21/h2-7,10H,8-9,11H2,1H3,(H,22,24)(H,23,25). The van der Waals surface area contributed by atoms with Crippen LogP contribution in [-0.2, 0) is 16.1 Å². The lowest BCUT2D eigenvalue weighted by Gasteiger charge is -2.17. The van der Waals surface area contributed by atoms with E-state index in [1.165, 1.54) is 0 Å². The van der Waals surface area contributed by atoms with Crippen molar-refractivity contribution in [2.24, 2.45) is 5.41 Å². The summed E-state index contributed by atoms with van der Waals surface area (Å²) in [6.07, 6.45) is 1.07. The Hall–Kier alpha value is -2.04. The molecule has 3 rings (SSSR count). The summed E-state index contributed by atoms with van der Waals surface area (Å²) in [4.78, 5) is 25.2. The Morgan fingerprint density at radius 2 is 1.80 bits per heavy atom. The van der Waals surface area contributed by atoms with E-state index in [1.807, 2.05) is 31.2 Å². The number of rotatable bonds is 5. The van der Waals surface area contributed by atoms with Crippen LogP contribution in [0.15, 0.2) is 42.5 Å². The molecule has 2 amide bonds. The molecule has 1 saturated carbocycles. The van der Waals surface area contributed by atoms with E-state index >= 15 is 0 Å². The number of aryl methyl sites for hydroxylation is 1. The lowest BCUT2D eigenvalue weighted by Crippen LogP contribution is -2.39. The summed E-state index contributed by atoms with van der Waals surface area (Å²) >= 11 is 12.1. The first-order valence-electron chi connectivity index (χ1n) is 8.02. The summed E-state index contributed by atoms with van der Waals surface area (Å²) in [5.74, 6) is -0.570. The van der Waals surface area contributed by atoms with Gasteiger partial charge in [-0.15, -0.1) is 0 Å². The molecule has 1 fully saturated rings.